The van der Waals surface area contributed by atoms with E-state index < -0.39 is 0 Å². The predicted octanol–water partition coefficient (Wildman–Crippen LogP) is 1.87. The number of benzene rings is 1. The Labute approximate surface area is 122 Å². The number of nitrogens with zero attached hydrogens (tertiary/aromatic N) is 1. The van der Waals surface area contributed by atoms with Gasteiger partial charge in [0.2, 0.25) is 0 Å². The van der Waals surface area contributed by atoms with E-state index in [2.05, 4.69) is 0 Å². The summed E-state index contributed by atoms with van der Waals surface area (Å²) in [5, 5.41) is 0. The molecule has 0 atom stereocenters. The van der Waals surface area contributed by atoms with Crippen molar-refractivity contribution in [2.45, 2.75) is 13.5 Å². The number of para-hydroxylation sites is 1. The van der Waals surface area contributed by atoms with Crippen molar-refractivity contribution in [3.05, 3.63) is 64.1 Å². The average molecular weight is 288 g/mol. The first-order valence-corrected chi connectivity index (χ1v) is 6.68. The van der Waals surface area contributed by atoms with E-state index in [-0.39, 0.29) is 10.5 Å². The van der Waals surface area contributed by atoms with Crippen molar-refractivity contribution in [3.8, 4) is 5.75 Å². The summed E-state index contributed by atoms with van der Waals surface area (Å²) in [6, 6.07) is 13.0. The zero-order valence-electron chi connectivity index (χ0n) is 11.2. The van der Waals surface area contributed by atoms with Crippen LogP contribution in [0.5, 0.6) is 5.75 Å². The second kappa shape index (κ2) is 6.34. The van der Waals surface area contributed by atoms with E-state index in [1.54, 1.807) is 10.6 Å². The van der Waals surface area contributed by atoms with Crippen molar-refractivity contribution in [2.24, 2.45) is 5.73 Å². The smallest absolute Gasteiger partial charge is 0.261 e. The van der Waals surface area contributed by atoms with Crippen LogP contribution in [-0.4, -0.2) is 16.2 Å². The number of pyridine rings is 1. The quantitative estimate of drug-likeness (QED) is 0.853. The topological polar surface area (TPSA) is 57.2 Å². The Morgan fingerprint density at radius 2 is 1.95 bits per heavy atom. The molecule has 0 fully saturated rings. The van der Waals surface area contributed by atoms with E-state index in [4.69, 9.17) is 22.7 Å². The van der Waals surface area contributed by atoms with Crippen molar-refractivity contribution < 1.29 is 4.74 Å². The van der Waals surface area contributed by atoms with Gasteiger partial charge in [0.05, 0.1) is 12.1 Å². The van der Waals surface area contributed by atoms with Crippen molar-refractivity contribution in [3.63, 3.8) is 0 Å². The molecule has 104 valence electrons. The van der Waals surface area contributed by atoms with Gasteiger partial charge in [0.25, 0.3) is 5.56 Å². The number of hydrogen-bond acceptors (Lipinski definition) is 3. The number of aryl methyl sites for hydroxylation is 1. The summed E-state index contributed by atoms with van der Waals surface area (Å²) in [5.74, 6) is 0.781. The van der Waals surface area contributed by atoms with Gasteiger partial charge in [0, 0.05) is 5.69 Å². The van der Waals surface area contributed by atoms with Gasteiger partial charge in [-0.1, -0.05) is 30.4 Å². The Bertz CT molecular complexity index is 665. The van der Waals surface area contributed by atoms with E-state index in [1.165, 1.54) is 0 Å². The molecule has 2 rings (SSSR count). The van der Waals surface area contributed by atoms with Crippen LogP contribution in [0.4, 0.5) is 0 Å². The van der Waals surface area contributed by atoms with Gasteiger partial charge in [0.1, 0.15) is 17.3 Å². The van der Waals surface area contributed by atoms with Crippen LogP contribution >= 0.6 is 12.2 Å². The third-order valence-corrected chi connectivity index (χ3v) is 3.20. The molecule has 0 amide bonds. The van der Waals surface area contributed by atoms with Gasteiger partial charge < -0.3 is 15.0 Å². The van der Waals surface area contributed by atoms with Crippen LogP contribution in [0.15, 0.2) is 47.3 Å². The van der Waals surface area contributed by atoms with E-state index in [9.17, 15) is 4.79 Å². The fourth-order valence-corrected chi connectivity index (χ4v) is 2.06. The molecule has 0 saturated carbocycles. The van der Waals surface area contributed by atoms with E-state index in [0.29, 0.717) is 18.7 Å². The largest absolute Gasteiger partial charge is 0.492 e. The molecule has 2 aromatic rings. The summed E-state index contributed by atoms with van der Waals surface area (Å²) in [4.78, 5) is 12.3. The Morgan fingerprint density at radius 1 is 1.25 bits per heavy atom. The second-order valence-corrected chi connectivity index (χ2v) is 4.81. The summed E-state index contributed by atoms with van der Waals surface area (Å²) in [7, 11) is 0. The minimum atomic E-state index is -0.172. The second-order valence-electron chi connectivity index (χ2n) is 4.37. The van der Waals surface area contributed by atoms with Crippen molar-refractivity contribution in [1.82, 2.24) is 4.57 Å². The fourth-order valence-electron chi connectivity index (χ4n) is 1.91. The number of nitrogens with two attached hydrogens (primary N) is 1. The predicted molar refractivity (Wildman–Crippen MR) is 83.3 cm³/mol. The SMILES string of the molecule is Cc1ccc(C(N)=S)c(=O)n1CCOc1ccccc1. The molecule has 0 spiro atoms. The number of thiocarbonyl (C=S) groups is 1. The Morgan fingerprint density at radius 3 is 2.60 bits per heavy atom. The van der Waals surface area contributed by atoms with Gasteiger partial charge in [-0.05, 0) is 31.2 Å². The normalized spacial score (nSPS) is 10.2. The first kappa shape index (κ1) is 14.3. The summed E-state index contributed by atoms with van der Waals surface area (Å²) >= 11 is 4.87. The maximum atomic E-state index is 12.2. The molecular formula is C15H16N2O2S. The third kappa shape index (κ3) is 3.24. The molecular weight excluding hydrogens is 272 g/mol. The fraction of sp³-hybridized carbons (Fsp3) is 0.200. The van der Waals surface area contributed by atoms with Crippen LogP contribution in [0.1, 0.15) is 11.3 Å². The average Bonchev–Trinajstić information content (AvgIpc) is 2.43. The zero-order valence-corrected chi connectivity index (χ0v) is 12.0. The lowest BCUT2D eigenvalue weighted by molar-refractivity contribution is 0.295. The highest BCUT2D eigenvalue weighted by Gasteiger charge is 2.08. The van der Waals surface area contributed by atoms with E-state index in [1.807, 2.05) is 43.3 Å². The van der Waals surface area contributed by atoms with Gasteiger partial charge in [-0.3, -0.25) is 4.79 Å². The molecule has 0 aliphatic carbocycles. The summed E-state index contributed by atoms with van der Waals surface area (Å²) in [6.07, 6.45) is 0. The van der Waals surface area contributed by atoms with Crippen LogP contribution in [0.25, 0.3) is 0 Å². The summed E-state index contributed by atoms with van der Waals surface area (Å²) in [5.41, 5.74) is 6.59. The lowest BCUT2D eigenvalue weighted by atomic mass is 10.2. The molecule has 0 aliphatic rings. The highest BCUT2D eigenvalue weighted by atomic mass is 32.1. The molecule has 0 unspecified atom stereocenters. The minimum Gasteiger partial charge on any atom is -0.492 e. The first-order chi connectivity index (χ1) is 9.59. The van der Waals surface area contributed by atoms with Crippen molar-refractivity contribution >= 4 is 17.2 Å². The Balaban J connectivity index is 2.12. The molecule has 4 nitrogen and oxygen atoms in total. The maximum absolute atomic E-state index is 12.2. The summed E-state index contributed by atoms with van der Waals surface area (Å²) < 4.78 is 7.22. The van der Waals surface area contributed by atoms with Crippen LogP contribution < -0.4 is 16.0 Å². The molecule has 1 aromatic heterocycles. The number of aromatic nitrogens is 1. The van der Waals surface area contributed by atoms with Gasteiger partial charge >= 0.3 is 0 Å². The molecule has 5 heteroatoms. The lowest BCUT2D eigenvalue weighted by Crippen LogP contribution is -2.31. The summed E-state index contributed by atoms with van der Waals surface area (Å²) in [6.45, 7) is 2.73. The van der Waals surface area contributed by atoms with Gasteiger partial charge in [-0.25, -0.2) is 0 Å². The highest BCUT2D eigenvalue weighted by Crippen LogP contribution is 2.08. The van der Waals surface area contributed by atoms with Crippen molar-refractivity contribution in [1.29, 1.82) is 0 Å². The molecule has 0 bridgehead atoms. The van der Waals surface area contributed by atoms with Crippen LogP contribution in [-0.2, 0) is 6.54 Å². The van der Waals surface area contributed by atoms with Gasteiger partial charge in [-0.2, -0.15) is 0 Å². The molecule has 1 heterocycles. The lowest BCUT2D eigenvalue weighted by Gasteiger charge is -2.12. The molecule has 0 saturated heterocycles. The molecule has 0 radical (unpaired) electrons. The van der Waals surface area contributed by atoms with E-state index in [0.717, 1.165) is 11.4 Å². The number of rotatable bonds is 5. The first-order valence-electron chi connectivity index (χ1n) is 6.27. The Hall–Kier alpha value is -2.14. The van der Waals surface area contributed by atoms with Gasteiger partial charge in [-0.15, -0.1) is 0 Å². The maximum Gasteiger partial charge on any atom is 0.261 e. The van der Waals surface area contributed by atoms with Crippen LogP contribution in [0, 0.1) is 6.92 Å². The van der Waals surface area contributed by atoms with Crippen molar-refractivity contribution in [2.75, 3.05) is 6.61 Å². The molecule has 1 aromatic carbocycles. The highest BCUT2D eigenvalue weighted by molar-refractivity contribution is 7.80. The third-order valence-electron chi connectivity index (χ3n) is 2.98. The molecule has 20 heavy (non-hydrogen) atoms. The monoisotopic (exact) mass is 288 g/mol. The standard InChI is InChI=1S/C15H16N2O2S/c1-11-7-8-13(14(16)20)15(18)17(11)9-10-19-12-5-3-2-4-6-12/h2-8H,9-10H2,1H3,(H2,16,20). The van der Waals surface area contributed by atoms with Crippen LogP contribution in [0.3, 0.4) is 0 Å². The van der Waals surface area contributed by atoms with Gasteiger partial charge in [0.15, 0.2) is 0 Å². The Kier molecular flexibility index (Phi) is 4.53. The zero-order chi connectivity index (χ0) is 14.5. The molecule has 0 aliphatic heterocycles. The number of hydrogen-bond donors (Lipinski definition) is 1. The minimum absolute atomic E-state index is 0.118. The molecule has 2 N–H and O–H groups in total. The van der Waals surface area contributed by atoms with E-state index >= 15 is 0 Å². The number of ether oxygens (including phenoxy) is 1. The van der Waals surface area contributed by atoms with Crippen LogP contribution in [0.2, 0.25) is 0 Å².